The molecule has 0 atom stereocenters. The number of fused-ring (bicyclic) bond motifs is 2. The van der Waals surface area contributed by atoms with Crippen molar-refractivity contribution in [1.29, 1.82) is 0 Å². The van der Waals surface area contributed by atoms with Gasteiger partial charge in [-0.15, -0.1) is 0 Å². The molecule has 35 heavy (non-hydrogen) atoms. The highest BCUT2D eigenvalue weighted by Gasteiger charge is 2.42. The van der Waals surface area contributed by atoms with Gasteiger partial charge in [0.25, 0.3) is 5.91 Å². The molecule has 7 heteroatoms. The minimum atomic E-state index is -0.733. The summed E-state index contributed by atoms with van der Waals surface area (Å²) in [4.78, 5) is 28.8. The van der Waals surface area contributed by atoms with E-state index in [0.29, 0.717) is 55.4 Å². The third-order valence-electron chi connectivity index (χ3n) is 6.83. The van der Waals surface area contributed by atoms with E-state index in [0.717, 1.165) is 17.0 Å². The van der Waals surface area contributed by atoms with Crippen molar-refractivity contribution in [2.45, 2.75) is 25.2 Å². The maximum atomic E-state index is 13.7. The Morgan fingerprint density at radius 1 is 1.03 bits per heavy atom. The highest BCUT2D eigenvalue weighted by Crippen LogP contribution is 2.41. The monoisotopic (exact) mass is 472 g/mol. The average molecular weight is 473 g/mol. The maximum absolute atomic E-state index is 13.7. The molecule has 1 N–H and O–H groups in total. The van der Waals surface area contributed by atoms with Crippen molar-refractivity contribution in [3.05, 3.63) is 77.9 Å². The molecule has 0 bridgehead atoms. The quantitative estimate of drug-likeness (QED) is 0.555. The van der Waals surface area contributed by atoms with E-state index in [4.69, 9.17) is 14.2 Å². The van der Waals surface area contributed by atoms with Crippen LogP contribution in [-0.2, 0) is 14.9 Å². The Morgan fingerprint density at radius 2 is 1.77 bits per heavy atom. The molecule has 0 spiro atoms. The van der Waals surface area contributed by atoms with Gasteiger partial charge >= 0.3 is 0 Å². The Labute approximate surface area is 204 Å². The molecule has 2 aliphatic rings. The van der Waals surface area contributed by atoms with Crippen molar-refractivity contribution in [3.8, 4) is 17.2 Å². The molecule has 0 unspecified atom stereocenters. The summed E-state index contributed by atoms with van der Waals surface area (Å²) >= 11 is 0. The van der Waals surface area contributed by atoms with Crippen LogP contribution in [0, 0.1) is 0 Å². The first-order valence-electron chi connectivity index (χ1n) is 11.8. The molecule has 3 aromatic carbocycles. The third kappa shape index (κ3) is 4.12. The lowest BCUT2D eigenvalue weighted by Crippen LogP contribution is -2.44. The van der Waals surface area contributed by atoms with E-state index in [9.17, 15) is 9.59 Å². The summed E-state index contributed by atoms with van der Waals surface area (Å²) in [6, 6.07) is 20.3. The zero-order chi connectivity index (χ0) is 24.4. The second-order valence-electron chi connectivity index (χ2n) is 8.71. The third-order valence-corrected chi connectivity index (χ3v) is 6.83. The summed E-state index contributed by atoms with van der Waals surface area (Å²) in [5, 5.41) is 3.07. The molecule has 180 valence electrons. The number of benzene rings is 3. The van der Waals surface area contributed by atoms with Crippen LogP contribution in [-0.4, -0.2) is 38.7 Å². The van der Waals surface area contributed by atoms with Gasteiger partial charge in [0, 0.05) is 25.4 Å². The molecule has 0 saturated carbocycles. The molecule has 2 amide bonds. The lowest BCUT2D eigenvalue weighted by atomic mass is 9.73. The van der Waals surface area contributed by atoms with Crippen molar-refractivity contribution in [1.82, 2.24) is 0 Å². The summed E-state index contributed by atoms with van der Waals surface area (Å²) in [6.45, 7) is 3.42. The van der Waals surface area contributed by atoms with Crippen LogP contribution in [0.4, 0.5) is 11.4 Å². The minimum absolute atomic E-state index is 0.122. The van der Waals surface area contributed by atoms with Crippen molar-refractivity contribution < 1.29 is 23.8 Å². The summed E-state index contributed by atoms with van der Waals surface area (Å²) in [6.07, 6.45) is 1.13. The van der Waals surface area contributed by atoms with E-state index in [1.54, 1.807) is 30.2 Å². The molecule has 7 nitrogen and oxygen atoms in total. The molecule has 0 aromatic heterocycles. The lowest BCUT2D eigenvalue weighted by molar-refractivity contribution is -0.125. The summed E-state index contributed by atoms with van der Waals surface area (Å²) in [5.41, 5.74) is 1.87. The van der Waals surface area contributed by atoms with Crippen LogP contribution < -0.4 is 19.7 Å². The molecule has 1 fully saturated rings. The SMILES string of the molecule is CCN1C(=O)c2cc(NC(=O)C3(c4ccc(OC)cc4)CCOCC3)ccc2Oc2ccccc21. The second kappa shape index (κ2) is 9.43. The number of hydrogen-bond donors (Lipinski definition) is 1. The van der Waals surface area contributed by atoms with E-state index in [-0.39, 0.29) is 11.8 Å². The number of rotatable bonds is 5. The number of hydrogen-bond acceptors (Lipinski definition) is 5. The lowest BCUT2D eigenvalue weighted by Gasteiger charge is -2.36. The highest BCUT2D eigenvalue weighted by atomic mass is 16.5. The van der Waals surface area contributed by atoms with Crippen LogP contribution in [0.5, 0.6) is 17.2 Å². The predicted octanol–water partition coefficient (Wildman–Crippen LogP) is 5.15. The summed E-state index contributed by atoms with van der Waals surface area (Å²) < 4.78 is 17.0. The van der Waals surface area contributed by atoms with Crippen molar-refractivity contribution in [2.75, 3.05) is 37.1 Å². The van der Waals surface area contributed by atoms with E-state index < -0.39 is 5.41 Å². The van der Waals surface area contributed by atoms with Crippen LogP contribution in [0.15, 0.2) is 66.7 Å². The first-order chi connectivity index (χ1) is 17.1. The molecular weight excluding hydrogens is 444 g/mol. The molecule has 5 rings (SSSR count). The second-order valence-corrected chi connectivity index (χ2v) is 8.71. The molecule has 2 heterocycles. The van der Waals surface area contributed by atoms with Gasteiger partial charge < -0.3 is 24.4 Å². The van der Waals surface area contributed by atoms with E-state index >= 15 is 0 Å². The van der Waals surface area contributed by atoms with E-state index in [1.807, 2.05) is 55.5 Å². The number of carbonyl (C=O) groups excluding carboxylic acids is 2. The van der Waals surface area contributed by atoms with E-state index in [1.165, 1.54) is 0 Å². The number of ether oxygens (including phenoxy) is 3. The Balaban J connectivity index is 1.47. The number of methoxy groups -OCH3 is 1. The molecule has 2 aliphatic heterocycles. The van der Waals surface area contributed by atoms with Crippen molar-refractivity contribution in [3.63, 3.8) is 0 Å². The Kier molecular flexibility index (Phi) is 6.17. The van der Waals surface area contributed by atoms with Gasteiger partial charge in [-0.2, -0.15) is 0 Å². The van der Waals surface area contributed by atoms with Crippen molar-refractivity contribution >= 4 is 23.2 Å². The Morgan fingerprint density at radius 3 is 2.49 bits per heavy atom. The van der Waals surface area contributed by atoms with Crippen LogP contribution in [0.1, 0.15) is 35.7 Å². The Bertz CT molecular complexity index is 1250. The van der Waals surface area contributed by atoms with Crippen LogP contribution in [0.3, 0.4) is 0 Å². The van der Waals surface area contributed by atoms with Gasteiger partial charge in [-0.25, -0.2) is 0 Å². The number of para-hydroxylation sites is 2. The maximum Gasteiger partial charge on any atom is 0.262 e. The number of nitrogens with one attached hydrogen (secondary N) is 1. The summed E-state index contributed by atoms with van der Waals surface area (Å²) in [5.74, 6) is 1.54. The molecule has 3 aromatic rings. The standard InChI is InChI=1S/C28H28N2O5/c1-3-30-23-6-4-5-7-25(23)35-24-13-10-20(18-22(24)26(30)31)29-27(32)28(14-16-34-17-15-28)19-8-11-21(33-2)12-9-19/h4-13,18H,3,14-17H2,1-2H3,(H,29,32). The largest absolute Gasteiger partial charge is 0.497 e. The Hall–Kier alpha value is -3.84. The minimum Gasteiger partial charge on any atom is -0.497 e. The van der Waals surface area contributed by atoms with Gasteiger partial charge in [-0.05, 0) is 67.8 Å². The van der Waals surface area contributed by atoms with Crippen molar-refractivity contribution in [2.24, 2.45) is 0 Å². The zero-order valence-corrected chi connectivity index (χ0v) is 19.9. The zero-order valence-electron chi connectivity index (χ0n) is 19.9. The van der Waals surface area contributed by atoms with Gasteiger partial charge in [0.05, 0.1) is 23.8 Å². The predicted molar refractivity (Wildman–Crippen MR) is 134 cm³/mol. The molecule has 0 radical (unpaired) electrons. The molecular formula is C28H28N2O5. The number of nitrogens with zero attached hydrogens (tertiary/aromatic N) is 1. The van der Waals surface area contributed by atoms with Crippen LogP contribution in [0.2, 0.25) is 0 Å². The van der Waals surface area contributed by atoms with Gasteiger partial charge in [-0.3, -0.25) is 9.59 Å². The van der Waals surface area contributed by atoms with Gasteiger partial charge in [0.1, 0.15) is 11.5 Å². The first-order valence-corrected chi connectivity index (χ1v) is 11.8. The fourth-order valence-electron chi connectivity index (χ4n) is 4.85. The number of amides is 2. The van der Waals surface area contributed by atoms with Gasteiger partial charge in [0.15, 0.2) is 5.75 Å². The van der Waals surface area contributed by atoms with Crippen LogP contribution >= 0.6 is 0 Å². The first kappa shape index (κ1) is 22.9. The smallest absolute Gasteiger partial charge is 0.262 e. The van der Waals surface area contributed by atoms with Gasteiger partial charge in [0.2, 0.25) is 5.91 Å². The average Bonchev–Trinajstić information content (AvgIpc) is 3.02. The fourth-order valence-corrected chi connectivity index (χ4v) is 4.85. The number of carbonyl (C=O) groups is 2. The summed E-state index contributed by atoms with van der Waals surface area (Å²) in [7, 11) is 1.62. The van der Waals surface area contributed by atoms with Crippen LogP contribution in [0.25, 0.3) is 0 Å². The number of anilines is 2. The fraction of sp³-hybridized carbons (Fsp3) is 0.286. The van der Waals surface area contributed by atoms with E-state index in [2.05, 4.69) is 5.32 Å². The van der Waals surface area contributed by atoms with Gasteiger partial charge in [-0.1, -0.05) is 24.3 Å². The highest BCUT2D eigenvalue weighted by molar-refractivity contribution is 6.10. The molecule has 1 saturated heterocycles. The topological polar surface area (TPSA) is 77.1 Å². The molecule has 0 aliphatic carbocycles. The normalized spacial score (nSPS) is 16.4.